The van der Waals surface area contributed by atoms with Gasteiger partial charge in [-0.2, -0.15) is 0 Å². The minimum atomic E-state index is -0.626. The van der Waals surface area contributed by atoms with Crippen molar-refractivity contribution in [2.45, 2.75) is 32.7 Å². The Bertz CT molecular complexity index is 224. The summed E-state index contributed by atoms with van der Waals surface area (Å²) in [5.74, 6) is -0.305. The first-order chi connectivity index (χ1) is 8.00. The Hall–Kier alpha value is -0.650. The average molecular weight is 245 g/mol. The van der Waals surface area contributed by atoms with Crippen LogP contribution in [0.1, 0.15) is 27.2 Å². The van der Waals surface area contributed by atoms with Crippen LogP contribution in [-0.2, 0) is 9.53 Å². The second-order valence-corrected chi connectivity index (χ2v) is 4.33. The molecule has 0 aliphatic carbocycles. The molecule has 0 aromatic carbocycles. The number of primary amides is 1. The summed E-state index contributed by atoms with van der Waals surface area (Å²) in [6.45, 7) is 10.1. The second kappa shape index (κ2) is 8.44. The van der Waals surface area contributed by atoms with E-state index in [-0.39, 0.29) is 5.91 Å². The molecule has 1 amide bonds. The molecule has 0 radical (unpaired) electrons. The second-order valence-electron chi connectivity index (χ2n) is 4.33. The lowest BCUT2D eigenvalue weighted by molar-refractivity contribution is -0.124. The number of likely N-dealkylation sites (N-methyl/N-ethyl adjacent to an activating group) is 2. The molecule has 1 atom stereocenters. The highest BCUT2D eigenvalue weighted by Gasteiger charge is 2.28. The Kier molecular flexibility index (Phi) is 8.12. The number of hydrogen-bond donors (Lipinski definition) is 2. The van der Waals surface area contributed by atoms with E-state index in [0.29, 0.717) is 6.42 Å². The lowest BCUT2D eigenvalue weighted by atomic mass is 9.97. The predicted molar refractivity (Wildman–Crippen MR) is 69.9 cm³/mol. The van der Waals surface area contributed by atoms with Crippen LogP contribution < -0.4 is 11.1 Å². The van der Waals surface area contributed by atoms with Crippen LogP contribution >= 0.6 is 0 Å². The Morgan fingerprint density at radius 3 is 2.47 bits per heavy atom. The Morgan fingerprint density at radius 1 is 1.41 bits per heavy atom. The van der Waals surface area contributed by atoms with E-state index in [9.17, 15) is 4.79 Å². The van der Waals surface area contributed by atoms with Gasteiger partial charge in [0.05, 0.1) is 12.1 Å². The number of hydrogen-bond acceptors (Lipinski definition) is 4. The Balaban J connectivity index is 4.07. The number of rotatable bonds is 10. The summed E-state index contributed by atoms with van der Waals surface area (Å²) >= 11 is 0. The van der Waals surface area contributed by atoms with Crippen LogP contribution in [0.15, 0.2) is 0 Å². The van der Waals surface area contributed by atoms with E-state index in [1.807, 2.05) is 13.8 Å². The maximum atomic E-state index is 11.3. The summed E-state index contributed by atoms with van der Waals surface area (Å²) < 4.78 is 5.32. The number of ether oxygens (including phenoxy) is 1. The highest BCUT2D eigenvalue weighted by molar-refractivity contribution is 5.84. The molecule has 0 spiro atoms. The molecular weight excluding hydrogens is 218 g/mol. The van der Waals surface area contributed by atoms with Crippen molar-refractivity contribution in [3.8, 4) is 0 Å². The highest BCUT2D eigenvalue weighted by atomic mass is 16.5. The minimum absolute atomic E-state index is 0.305. The van der Waals surface area contributed by atoms with E-state index in [2.05, 4.69) is 17.1 Å². The third-order valence-electron chi connectivity index (χ3n) is 3.23. The van der Waals surface area contributed by atoms with Crippen LogP contribution in [-0.4, -0.2) is 56.2 Å². The van der Waals surface area contributed by atoms with Gasteiger partial charge in [-0.25, -0.2) is 0 Å². The third kappa shape index (κ3) is 6.00. The maximum absolute atomic E-state index is 11.3. The molecule has 0 heterocycles. The predicted octanol–water partition coefficient (Wildman–Crippen LogP) is 0.198. The topological polar surface area (TPSA) is 67.6 Å². The summed E-state index contributed by atoms with van der Waals surface area (Å²) in [4.78, 5) is 13.6. The van der Waals surface area contributed by atoms with Gasteiger partial charge in [0, 0.05) is 19.7 Å². The molecule has 0 aliphatic rings. The summed E-state index contributed by atoms with van der Waals surface area (Å²) in [6.07, 6.45) is 0.707. The van der Waals surface area contributed by atoms with Gasteiger partial charge in [0.1, 0.15) is 0 Å². The lowest BCUT2D eigenvalue weighted by Crippen LogP contribution is -2.53. The van der Waals surface area contributed by atoms with Crippen molar-refractivity contribution in [2.24, 2.45) is 5.73 Å². The van der Waals surface area contributed by atoms with E-state index in [1.165, 1.54) is 0 Å². The molecule has 5 nitrogen and oxygen atoms in total. The largest absolute Gasteiger partial charge is 0.380 e. The van der Waals surface area contributed by atoms with E-state index in [4.69, 9.17) is 10.5 Å². The van der Waals surface area contributed by atoms with Crippen LogP contribution in [0, 0.1) is 0 Å². The number of nitrogens with two attached hydrogens (primary N) is 1. The van der Waals surface area contributed by atoms with Crippen LogP contribution in [0.3, 0.4) is 0 Å². The van der Waals surface area contributed by atoms with Gasteiger partial charge in [-0.1, -0.05) is 6.92 Å². The number of nitrogens with one attached hydrogen (secondary N) is 1. The van der Waals surface area contributed by atoms with Gasteiger partial charge in [-0.05, 0) is 33.9 Å². The zero-order valence-electron chi connectivity index (χ0n) is 11.6. The Labute approximate surface area is 105 Å². The quantitative estimate of drug-likeness (QED) is 0.540. The van der Waals surface area contributed by atoms with Gasteiger partial charge < -0.3 is 20.7 Å². The smallest absolute Gasteiger partial charge is 0.237 e. The van der Waals surface area contributed by atoms with Gasteiger partial charge >= 0.3 is 0 Å². The highest BCUT2D eigenvalue weighted by Crippen LogP contribution is 2.09. The number of carbonyl (C=O) groups excluding carboxylic acids is 1. The molecule has 0 aromatic heterocycles. The molecular formula is C12H27N3O2. The summed E-state index contributed by atoms with van der Waals surface area (Å²) in [5, 5.41) is 2.99. The molecule has 5 heteroatoms. The first kappa shape index (κ1) is 16.4. The first-order valence-corrected chi connectivity index (χ1v) is 6.29. The maximum Gasteiger partial charge on any atom is 0.237 e. The molecule has 0 rings (SSSR count). The van der Waals surface area contributed by atoms with Gasteiger partial charge in [0.2, 0.25) is 5.91 Å². The first-order valence-electron chi connectivity index (χ1n) is 6.29. The van der Waals surface area contributed by atoms with Crippen LogP contribution in [0.2, 0.25) is 0 Å². The van der Waals surface area contributed by atoms with Crippen molar-refractivity contribution in [2.75, 3.05) is 39.9 Å². The SMILES string of the molecule is CCOCCN(CC)CCC(C)(NC)C(N)=O. The molecule has 102 valence electrons. The van der Waals surface area contributed by atoms with Crippen LogP contribution in [0.4, 0.5) is 0 Å². The molecule has 17 heavy (non-hydrogen) atoms. The van der Waals surface area contributed by atoms with E-state index in [1.54, 1.807) is 7.05 Å². The molecule has 0 aliphatic heterocycles. The monoisotopic (exact) mass is 245 g/mol. The fourth-order valence-corrected chi connectivity index (χ4v) is 1.52. The summed E-state index contributed by atoms with van der Waals surface area (Å²) in [6, 6.07) is 0. The molecule has 0 saturated heterocycles. The van der Waals surface area contributed by atoms with Gasteiger partial charge in [0.25, 0.3) is 0 Å². The lowest BCUT2D eigenvalue weighted by Gasteiger charge is -2.29. The van der Waals surface area contributed by atoms with Crippen molar-refractivity contribution in [1.82, 2.24) is 10.2 Å². The van der Waals surface area contributed by atoms with Crippen molar-refractivity contribution in [3.05, 3.63) is 0 Å². The number of amides is 1. The molecule has 0 bridgehead atoms. The van der Waals surface area contributed by atoms with Gasteiger partial charge in [-0.3, -0.25) is 4.79 Å². The molecule has 3 N–H and O–H groups in total. The van der Waals surface area contributed by atoms with E-state index in [0.717, 1.165) is 32.8 Å². The van der Waals surface area contributed by atoms with Crippen molar-refractivity contribution in [1.29, 1.82) is 0 Å². The summed E-state index contributed by atoms with van der Waals surface area (Å²) in [7, 11) is 1.77. The summed E-state index contributed by atoms with van der Waals surface area (Å²) in [5.41, 5.74) is 4.76. The van der Waals surface area contributed by atoms with Crippen molar-refractivity contribution >= 4 is 5.91 Å². The van der Waals surface area contributed by atoms with Crippen molar-refractivity contribution in [3.63, 3.8) is 0 Å². The van der Waals surface area contributed by atoms with Crippen molar-refractivity contribution < 1.29 is 9.53 Å². The standard InChI is InChI=1S/C12H27N3O2/c1-5-15(9-10-17-6-2)8-7-12(3,14-4)11(13)16/h14H,5-10H2,1-4H3,(H2,13,16). The normalized spacial score (nSPS) is 14.9. The van der Waals surface area contributed by atoms with Crippen LogP contribution in [0.25, 0.3) is 0 Å². The molecule has 0 aromatic rings. The number of nitrogens with zero attached hydrogens (tertiary/aromatic N) is 1. The average Bonchev–Trinajstić information content (AvgIpc) is 2.32. The molecule has 0 saturated carbocycles. The van der Waals surface area contributed by atoms with E-state index < -0.39 is 5.54 Å². The Morgan fingerprint density at radius 2 is 2.06 bits per heavy atom. The fraction of sp³-hybridized carbons (Fsp3) is 0.917. The minimum Gasteiger partial charge on any atom is -0.380 e. The molecule has 0 fully saturated rings. The third-order valence-corrected chi connectivity index (χ3v) is 3.23. The van der Waals surface area contributed by atoms with Gasteiger partial charge in [-0.15, -0.1) is 0 Å². The van der Waals surface area contributed by atoms with E-state index >= 15 is 0 Å². The van der Waals surface area contributed by atoms with Crippen LogP contribution in [0.5, 0.6) is 0 Å². The molecule has 1 unspecified atom stereocenters. The zero-order valence-corrected chi connectivity index (χ0v) is 11.6. The number of carbonyl (C=O) groups is 1. The van der Waals surface area contributed by atoms with Gasteiger partial charge in [0.15, 0.2) is 0 Å². The fourth-order valence-electron chi connectivity index (χ4n) is 1.52. The zero-order chi connectivity index (χ0) is 13.3.